The summed E-state index contributed by atoms with van der Waals surface area (Å²) in [5.74, 6) is 0.734. The number of hydrogen-bond donors (Lipinski definition) is 1. The first-order valence-electron chi connectivity index (χ1n) is 5.48. The second kappa shape index (κ2) is 7.06. The highest BCUT2D eigenvalue weighted by atomic mass is 32.2. The molecule has 0 radical (unpaired) electrons. The Bertz CT molecular complexity index is 382. The average molecular weight is 255 g/mol. The van der Waals surface area contributed by atoms with Crippen LogP contribution in [0.15, 0.2) is 23.1 Å². The smallest absolute Gasteiger partial charge is 0.316 e. The van der Waals surface area contributed by atoms with Gasteiger partial charge in [-0.25, -0.2) is 0 Å². The summed E-state index contributed by atoms with van der Waals surface area (Å²) in [5.41, 5.74) is 6.36. The van der Waals surface area contributed by atoms with E-state index in [1.54, 1.807) is 13.0 Å². The zero-order valence-electron chi connectivity index (χ0n) is 10.1. The van der Waals surface area contributed by atoms with Crippen LogP contribution in [0.3, 0.4) is 0 Å². The molecule has 0 atom stereocenters. The van der Waals surface area contributed by atoms with Gasteiger partial charge in [-0.2, -0.15) is 0 Å². The predicted octanol–water partition coefficient (Wildman–Crippen LogP) is 2.32. The second-order valence-electron chi connectivity index (χ2n) is 3.23. The highest BCUT2D eigenvalue weighted by molar-refractivity contribution is 8.00. The van der Waals surface area contributed by atoms with Crippen LogP contribution >= 0.6 is 11.8 Å². The van der Waals surface area contributed by atoms with Crippen LogP contribution in [0.25, 0.3) is 0 Å². The SMILES string of the molecule is CCOC(=O)CSc1ccc(N)c(OCC)c1. The van der Waals surface area contributed by atoms with Crippen molar-refractivity contribution >= 4 is 23.4 Å². The molecule has 0 aliphatic heterocycles. The topological polar surface area (TPSA) is 61.5 Å². The van der Waals surface area contributed by atoms with Crippen LogP contribution in [0.4, 0.5) is 5.69 Å². The van der Waals surface area contributed by atoms with Crippen LogP contribution in [0.5, 0.6) is 5.75 Å². The molecule has 0 saturated heterocycles. The van der Waals surface area contributed by atoms with Crippen LogP contribution in [-0.4, -0.2) is 24.9 Å². The lowest BCUT2D eigenvalue weighted by Crippen LogP contribution is -2.06. The molecule has 17 heavy (non-hydrogen) atoms. The quantitative estimate of drug-likeness (QED) is 0.480. The van der Waals surface area contributed by atoms with Gasteiger partial charge in [0.1, 0.15) is 5.75 Å². The zero-order chi connectivity index (χ0) is 12.7. The molecular weight excluding hydrogens is 238 g/mol. The van der Waals surface area contributed by atoms with E-state index in [9.17, 15) is 4.79 Å². The third-order valence-corrected chi connectivity index (χ3v) is 2.91. The van der Waals surface area contributed by atoms with Gasteiger partial charge in [-0.15, -0.1) is 11.8 Å². The molecule has 0 aliphatic rings. The third kappa shape index (κ3) is 4.56. The van der Waals surface area contributed by atoms with Crippen LogP contribution in [-0.2, 0) is 9.53 Å². The van der Waals surface area contributed by atoms with E-state index in [1.165, 1.54) is 11.8 Å². The number of hydrogen-bond acceptors (Lipinski definition) is 5. The fourth-order valence-corrected chi connectivity index (χ4v) is 1.95. The first kappa shape index (κ1) is 13.7. The molecule has 1 aromatic carbocycles. The van der Waals surface area contributed by atoms with E-state index in [-0.39, 0.29) is 5.97 Å². The summed E-state index contributed by atoms with van der Waals surface area (Å²) in [6.45, 7) is 4.67. The molecule has 1 aromatic rings. The first-order valence-corrected chi connectivity index (χ1v) is 6.46. The van der Waals surface area contributed by atoms with Gasteiger partial charge in [-0.3, -0.25) is 4.79 Å². The van der Waals surface area contributed by atoms with Crippen molar-refractivity contribution in [2.75, 3.05) is 24.7 Å². The van der Waals surface area contributed by atoms with Gasteiger partial charge in [0.05, 0.1) is 24.7 Å². The molecule has 2 N–H and O–H groups in total. The molecule has 94 valence electrons. The summed E-state index contributed by atoms with van der Waals surface area (Å²) >= 11 is 1.41. The van der Waals surface area contributed by atoms with Crippen molar-refractivity contribution in [3.05, 3.63) is 18.2 Å². The lowest BCUT2D eigenvalue weighted by Gasteiger charge is -2.08. The molecule has 0 saturated carbocycles. The number of esters is 1. The fourth-order valence-electron chi connectivity index (χ4n) is 1.23. The molecule has 0 aliphatic carbocycles. The van der Waals surface area contributed by atoms with Gasteiger partial charge in [-0.05, 0) is 32.0 Å². The molecule has 0 heterocycles. The normalized spacial score (nSPS) is 10.0. The monoisotopic (exact) mass is 255 g/mol. The highest BCUT2D eigenvalue weighted by Gasteiger charge is 2.06. The van der Waals surface area contributed by atoms with Crippen molar-refractivity contribution < 1.29 is 14.3 Å². The van der Waals surface area contributed by atoms with Crippen LogP contribution in [0.1, 0.15) is 13.8 Å². The van der Waals surface area contributed by atoms with Crippen molar-refractivity contribution in [1.82, 2.24) is 0 Å². The molecule has 1 rings (SSSR count). The molecular formula is C12H17NO3S. The summed E-state index contributed by atoms with van der Waals surface area (Å²) in [6, 6.07) is 5.48. The first-order chi connectivity index (χ1) is 8.17. The van der Waals surface area contributed by atoms with Crippen molar-refractivity contribution in [1.29, 1.82) is 0 Å². The van der Waals surface area contributed by atoms with E-state index in [0.717, 1.165) is 4.90 Å². The van der Waals surface area contributed by atoms with Crippen LogP contribution in [0, 0.1) is 0 Å². The van der Waals surface area contributed by atoms with Crippen molar-refractivity contribution in [2.24, 2.45) is 0 Å². The fraction of sp³-hybridized carbons (Fsp3) is 0.417. The molecule has 0 unspecified atom stereocenters. The lowest BCUT2D eigenvalue weighted by atomic mass is 10.3. The largest absolute Gasteiger partial charge is 0.492 e. The molecule has 4 nitrogen and oxygen atoms in total. The number of nitrogens with two attached hydrogens (primary N) is 1. The maximum absolute atomic E-state index is 11.2. The Labute approximate surface area is 105 Å². The number of rotatable bonds is 6. The van der Waals surface area contributed by atoms with E-state index in [0.29, 0.717) is 30.4 Å². The predicted molar refractivity (Wildman–Crippen MR) is 69.4 cm³/mol. The van der Waals surface area contributed by atoms with Gasteiger partial charge >= 0.3 is 5.97 Å². The molecule has 0 fully saturated rings. The Morgan fingerprint density at radius 1 is 1.35 bits per heavy atom. The second-order valence-corrected chi connectivity index (χ2v) is 4.28. The molecule has 0 spiro atoms. The average Bonchev–Trinajstić information content (AvgIpc) is 2.31. The molecule has 5 heteroatoms. The summed E-state index contributed by atoms with van der Waals surface area (Å²) in [7, 11) is 0. The van der Waals surface area contributed by atoms with Gasteiger partial charge in [0.25, 0.3) is 0 Å². The number of carbonyl (C=O) groups is 1. The maximum atomic E-state index is 11.2. The number of anilines is 1. The van der Waals surface area contributed by atoms with E-state index in [1.807, 2.05) is 19.1 Å². The van der Waals surface area contributed by atoms with E-state index in [4.69, 9.17) is 15.2 Å². The van der Waals surface area contributed by atoms with Crippen LogP contribution in [0.2, 0.25) is 0 Å². The number of nitrogen functional groups attached to an aromatic ring is 1. The van der Waals surface area contributed by atoms with E-state index < -0.39 is 0 Å². The standard InChI is InChI=1S/C12H17NO3S/c1-3-15-11-7-9(5-6-10(11)13)17-8-12(14)16-4-2/h5-7H,3-4,8,13H2,1-2H3. The molecule has 0 amide bonds. The summed E-state index contributed by atoms with van der Waals surface area (Å²) in [5, 5.41) is 0. The Morgan fingerprint density at radius 2 is 2.12 bits per heavy atom. The zero-order valence-corrected chi connectivity index (χ0v) is 10.9. The molecule has 0 aromatic heterocycles. The summed E-state index contributed by atoms with van der Waals surface area (Å²) in [4.78, 5) is 12.1. The van der Waals surface area contributed by atoms with Crippen molar-refractivity contribution in [3.8, 4) is 5.75 Å². The number of ether oxygens (including phenoxy) is 2. The van der Waals surface area contributed by atoms with Gasteiger partial charge in [0, 0.05) is 4.90 Å². The molecule has 0 bridgehead atoms. The van der Waals surface area contributed by atoms with Crippen molar-refractivity contribution in [2.45, 2.75) is 18.7 Å². The van der Waals surface area contributed by atoms with Gasteiger partial charge < -0.3 is 15.2 Å². The Balaban J connectivity index is 2.59. The number of thioether (sulfide) groups is 1. The Morgan fingerprint density at radius 3 is 2.76 bits per heavy atom. The minimum Gasteiger partial charge on any atom is -0.492 e. The van der Waals surface area contributed by atoms with E-state index in [2.05, 4.69) is 0 Å². The summed E-state index contributed by atoms with van der Waals surface area (Å²) in [6.07, 6.45) is 0. The Hall–Kier alpha value is -1.36. The van der Waals surface area contributed by atoms with Crippen LogP contribution < -0.4 is 10.5 Å². The third-order valence-electron chi connectivity index (χ3n) is 1.95. The lowest BCUT2D eigenvalue weighted by molar-refractivity contribution is -0.139. The van der Waals surface area contributed by atoms with Crippen molar-refractivity contribution in [3.63, 3.8) is 0 Å². The highest BCUT2D eigenvalue weighted by Crippen LogP contribution is 2.28. The minimum absolute atomic E-state index is 0.215. The van der Waals surface area contributed by atoms with Gasteiger partial charge in [0.2, 0.25) is 0 Å². The Kier molecular flexibility index (Phi) is 5.69. The minimum atomic E-state index is -0.215. The number of benzene rings is 1. The summed E-state index contributed by atoms with van der Waals surface area (Å²) < 4.78 is 10.2. The van der Waals surface area contributed by atoms with Gasteiger partial charge in [-0.1, -0.05) is 0 Å². The van der Waals surface area contributed by atoms with Gasteiger partial charge in [0.15, 0.2) is 0 Å². The maximum Gasteiger partial charge on any atom is 0.316 e. The number of carbonyl (C=O) groups excluding carboxylic acids is 1. The van der Waals surface area contributed by atoms with E-state index >= 15 is 0 Å².